The molecular formula is C22H19Cl2N. The van der Waals surface area contributed by atoms with Gasteiger partial charge in [-0.05, 0) is 66.4 Å². The van der Waals surface area contributed by atoms with Gasteiger partial charge in [0.05, 0.1) is 0 Å². The van der Waals surface area contributed by atoms with E-state index in [2.05, 4.69) is 31.2 Å². The summed E-state index contributed by atoms with van der Waals surface area (Å²) in [5, 5.41) is 1.45. The third-order valence-corrected chi connectivity index (χ3v) is 4.54. The second-order valence-corrected chi connectivity index (χ2v) is 6.93. The van der Waals surface area contributed by atoms with Crippen molar-refractivity contribution in [1.29, 1.82) is 0 Å². The predicted molar refractivity (Wildman–Crippen MR) is 109 cm³/mol. The zero-order chi connectivity index (χ0) is 17.8. The Hall–Kier alpha value is -2.22. The summed E-state index contributed by atoms with van der Waals surface area (Å²) in [5.41, 5.74) is 12.5. The normalized spacial score (nSPS) is 11.6. The Bertz CT molecular complexity index is 929. The van der Waals surface area contributed by atoms with Gasteiger partial charge in [0.1, 0.15) is 0 Å². The van der Waals surface area contributed by atoms with Gasteiger partial charge in [-0.15, -0.1) is 0 Å². The van der Waals surface area contributed by atoms with Crippen molar-refractivity contribution in [3.63, 3.8) is 0 Å². The number of hydrogen-bond acceptors (Lipinski definition) is 1. The smallest absolute Gasteiger partial charge is 0.0412 e. The summed E-state index contributed by atoms with van der Waals surface area (Å²) in [6, 6.07) is 21.8. The van der Waals surface area contributed by atoms with Gasteiger partial charge in [-0.25, -0.2) is 0 Å². The van der Waals surface area contributed by atoms with Crippen molar-refractivity contribution in [3.8, 4) is 0 Å². The fourth-order valence-corrected chi connectivity index (χ4v) is 3.23. The standard InChI is InChI=1S/C22H19Cl2N/c1-15-8-11-22(25)21(12-15)20(17-5-3-7-19(24)14-17)10-9-16-4-2-6-18(23)13-16/h2-8,10-14H,9,25H2,1H3. The third kappa shape index (κ3) is 4.45. The van der Waals surface area contributed by atoms with E-state index in [0.717, 1.165) is 39.4 Å². The van der Waals surface area contributed by atoms with Gasteiger partial charge >= 0.3 is 0 Å². The van der Waals surface area contributed by atoms with Gasteiger partial charge in [0.2, 0.25) is 0 Å². The zero-order valence-electron chi connectivity index (χ0n) is 14.0. The molecule has 0 aliphatic carbocycles. The average Bonchev–Trinajstić information content (AvgIpc) is 2.58. The molecule has 0 amide bonds. The molecule has 0 saturated carbocycles. The topological polar surface area (TPSA) is 26.0 Å². The van der Waals surface area contributed by atoms with Crippen molar-refractivity contribution >= 4 is 34.5 Å². The molecule has 3 rings (SSSR count). The Labute approximate surface area is 158 Å². The number of rotatable bonds is 4. The fourth-order valence-electron chi connectivity index (χ4n) is 2.83. The molecule has 0 fully saturated rings. The summed E-state index contributed by atoms with van der Waals surface area (Å²) in [6.07, 6.45) is 2.94. The van der Waals surface area contributed by atoms with E-state index in [1.54, 1.807) is 0 Å². The van der Waals surface area contributed by atoms with Gasteiger partial charge in [-0.3, -0.25) is 0 Å². The van der Waals surface area contributed by atoms with Gasteiger partial charge in [0, 0.05) is 21.3 Å². The van der Waals surface area contributed by atoms with Crippen LogP contribution in [0.5, 0.6) is 0 Å². The van der Waals surface area contributed by atoms with E-state index in [4.69, 9.17) is 28.9 Å². The second kappa shape index (κ2) is 7.77. The molecule has 3 heteroatoms. The molecule has 0 atom stereocenters. The number of halogens is 2. The van der Waals surface area contributed by atoms with Crippen LogP contribution in [0.25, 0.3) is 5.57 Å². The first-order valence-electron chi connectivity index (χ1n) is 8.10. The Balaban J connectivity index is 2.08. The Morgan fingerprint density at radius 2 is 1.64 bits per heavy atom. The first kappa shape index (κ1) is 17.6. The number of allylic oxidation sites excluding steroid dienone is 1. The largest absolute Gasteiger partial charge is 0.398 e. The number of nitrogens with two attached hydrogens (primary N) is 1. The van der Waals surface area contributed by atoms with Crippen LogP contribution in [-0.4, -0.2) is 0 Å². The molecule has 0 spiro atoms. The van der Waals surface area contributed by atoms with Crippen LogP contribution in [0.15, 0.2) is 72.8 Å². The minimum atomic E-state index is 0.706. The lowest BCUT2D eigenvalue weighted by Gasteiger charge is -2.13. The van der Waals surface area contributed by atoms with E-state index in [1.807, 2.05) is 48.5 Å². The van der Waals surface area contributed by atoms with Crippen LogP contribution in [0.1, 0.15) is 22.3 Å². The monoisotopic (exact) mass is 367 g/mol. The summed E-state index contributed by atoms with van der Waals surface area (Å²) >= 11 is 12.3. The molecule has 0 aliphatic heterocycles. The first-order valence-corrected chi connectivity index (χ1v) is 8.85. The summed E-state index contributed by atoms with van der Waals surface area (Å²) in [5.74, 6) is 0. The molecule has 3 aromatic carbocycles. The van der Waals surface area contributed by atoms with Crippen LogP contribution < -0.4 is 5.73 Å². The van der Waals surface area contributed by atoms with Crippen LogP contribution in [0.2, 0.25) is 10.0 Å². The molecule has 0 bridgehead atoms. The van der Waals surface area contributed by atoms with Gasteiger partial charge in [-0.1, -0.05) is 65.2 Å². The Morgan fingerprint density at radius 3 is 2.36 bits per heavy atom. The Morgan fingerprint density at radius 1 is 0.920 bits per heavy atom. The second-order valence-electron chi connectivity index (χ2n) is 6.05. The summed E-state index contributed by atoms with van der Waals surface area (Å²) in [7, 11) is 0. The van der Waals surface area contributed by atoms with E-state index >= 15 is 0 Å². The molecule has 0 saturated heterocycles. The lowest BCUT2D eigenvalue weighted by atomic mass is 9.93. The van der Waals surface area contributed by atoms with Crippen LogP contribution in [-0.2, 0) is 6.42 Å². The third-order valence-electron chi connectivity index (χ3n) is 4.07. The van der Waals surface area contributed by atoms with Crippen molar-refractivity contribution in [2.75, 3.05) is 5.73 Å². The van der Waals surface area contributed by atoms with Gasteiger partial charge in [0.25, 0.3) is 0 Å². The van der Waals surface area contributed by atoms with Crippen molar-refractivity contribution in [2.45, 2.75) is 13.3 Å². The minimum absolute atomic E-state index is 0.706. The first-order chi connectivity index (χ1) is 12.0. The van der Waals surface area contributed by atoms with Crippen LogP contribution in [0, 0.1) is 6.92 Å². The fraction of sp³-hybridized carbons (Fsp3) is 0.0909. The minimum Gasteiger partial charge on any atom is -0.398 e. The van der Waals surface area contributed by atoms with Crippen molar-refractivity contribution < 1.29 is 0 Å². The van der Waals surface area contributed by atoms with Crippen LogP contribution in [0.4, 0.5) is 5.69 Å². The zero-order valence-corrected chi connectivity index (χ0v) is 15.5. The highest BCUT2D eigenvalue weighted by Crippen LogP contribution is 2.31. The molecule has 0 heterocycles. The number of anilines is 1. The SMILES string of the molecule is Cc1ccc(N)c(C(=CCc2cccc(Cl)c2)c2cccc(Cl)c2)c1. The van der Waals surface area contributed by atoms with Gasteiger partial charge < -0.3 is 5.73 Å². The molecular weight excluding hydrogens is 349 g/mol. The predicted octanol–water partition coefficient (Wildman–Crippen LogP) is 6.56. The van der Waals surface area contributed by atoms with Crippen LogP contribution >= 0.6 is 23.2 Å². The van der Waals surface area contributed by atoms with Crippen molar-refractivity contribution in [2.24, 2.45) is 0 Å². The lowest BCUT2D eigenvalue weighted by Crippen LogP contribution is -1.97. The van der Waals surface area contributed by atoms with Gasteiger partial charge in [-0.2, -0.15) is 0 Å². The van der Waals surface area contributed by atoms with Crippen molar-refractivity contribution in [3.05, 3.63) is 105 Å². The molecule has 0 radical (unpaired) electrons. The molecule has 126 valence electrons. The highest BCUT2D eigenvalue weighted by atomic mass is 35.5. The maximum absolute atomic E-state index is 6.26. The van der Waals surface area contributed by atoms with E-state index in [9.17, 15) is 0 Å². The quantitative estimate of drug-likeness (QED) is 0.519. The van der Waals surface area contributed by atoms with E-state index in [0.29, 0.717) is 5.02 Å². The molecule has 3 aromatic rings. The highest BCUT2D eigenvalue weighted by molar-refractivity contribution is 6.31. The number of benzene rings is 3. The summed E-state index contributed by atoms with van der Waals surface area (Å²) < 4.78 is 0. The van der Waals surface area contributed by atoms with E-state index in [-0.39, 0.29) is 0 Å². The average molecular weight is 368 g/mol. The number of hydrogen-bond donors (Lipinski definition) is 1. The highest BCUT2D eigenvalue weighted by Gasteiger charge is 2.10. The maximum Gasteiger partial charge on any atom is 0.0412 e. The summed E-state index contributed by atoms with van der Waals surface area (Å²) in [6.45, 7) is 2.06. The van der Waals surface area contributed by atoms with Crippen molar-refractivity contribution in [1.82, 2.24) is 0 Å². The molecule has 2 N–H and O–H groups in total. The van der Waals surface area contributed by atoms with Crippen LogP contribution in [0.3, 0.4) is 0 Å². The number of nitrogen functional groups attached to an aromatic ring is 1. The molecule has 0 aliphatic rings. The molecule has 1 nitrogen and oxygen atoms in total. The van der Waals surface area contributed by atoms with Gasteiger partial charge in [0.15, 0.2) is 0 Å². The van der Waals surface area contributed by atoms with E-state index in [1.165, 1.54) is 5.56 Å². The molecule has 0 aromatic heterocycles. The Kier molecular flexibility index (Phi) is 5.47. The summed E-state index contributed by atoms with van der Waals surface area (Å²) in [4.78, 5) is 0. The molecule has 0 unspecified atom stereocenters. The maximum atomic E-state index is 6.26. The lowest BCUT2D eigenvalue weighted by molar-refractivity contribution is 1.27. The molecule has 25 heavy (non-hydrogen) atoms. The number of aryl methyl sites for hydroxylation is 1. The van der Waals surface area contributed by atoms with E-state index < -0.39 is 0 Å².